The molecule has 1 aromatic heterocycles. The third-order valence-corrected chi connectivity index (χ3v) is 6.54. The Labute approximate surface area is 155 Å². The van der Waals surface area contributed by atoms with Crippen molar-refractivity contribution >= 4 is 22.4 Å². The molecule has 0 saturated carbocycles. The molecule has 0 aliphatic carbocycles. The van der Waals surface area contributed by atoms with Crippen LogP contribution in [0.25, 0.3) is 0 Å². The molecule has 1 aromatic carbocycles. The number of hydrogen-bond acceptors (Lipinski definition) is 4. The largest absolute Gasteiger partial charge is 0.310 e. The van der Waals surface area contributed by atoms with E-state index in [4.69, 9.17) is 0 Å². The first-order valence-electron chi connectivity index (χ1n) is 8.26. The molecular formula is C17H25ClN4O2S. The summed E-state index contributed by atoms with van der Waals surface area (Å²) in [5, 5.41) is 10.4. The van der Waals surface area contributed by atoms with Crippen molar-refractivity contribution in [2.75, 3.05) is 13.1 Å². The number of aromatic amines is 1. The third kappa shape index (κ3) is 4.61. The van der Waals surface area contributed by atoms with E-state index >= 15 is 0 Å². The van der Waals surface area contributed by atoms with Gasteiger partial charge in [-0.3, -0.25) is 5.10 Å². The molecule has 25 heavy (non-hydrogen) atoms. The van der Waals surface area contributed by atoms with Crippen molar-refractivity contribution in [3.05, 3.63) is 47.3 Å². The van der Waals surface area contributed by atoms with Gasteiger partial charge in [0.25, 0.3) is 0 Å². The van der Waals surface area contributed by atoms with Crippen molar-refractivity contribution in [3.63, 3.8) is 0 Å². The average molecular weight is 385 g/mol. The van der Waals surface area contributed by atoms with Gasteiger partial charge in [-0.2, -0.15) is 9.40 Å². The summed E-state index contributed by atoms with van der Waals surface area (Å²) in [6, 6.07) is 7.40. The Morgan fingerprint density at radius 1 is 1.20 bits per heavy atom. The molecule has 138 valence electrons. The average Bonchev–Trinajstić information content (AvgIpc) is 2.99. The highest BCUT2D eigenvalue weighted by atomic mass is 35.5. The van der Waals surface area contributed by atoms with Crippen LogP contribution in [0.2, 0.25) is 0 Å². The second kappa shape index (κ2) is 8.31. The number of aryl methyl sites for hydroxylation is 2. The van der Waals surface area contributed by atoms with Crippen LogP contribution in [-0.4, -0.2) is 42.1 Å². The lowest BCUT2D eigenvalue weighted by molar-refractivity contribution is 0.288. The molecule has 2 N–H and O–H groups in total. The van der Waals surface area contributed by atoms with Crippen LogP contribution in [0, 0.1) is 13.8 Å². The van der Waals surface area contributed by atoms with Crippen molar-refractivity contribution in [1.29, 1.82) is 0 Å². The van der Waals surface area contributed by atoms with Crippen LogP contribution in [0.1, 0.15) is 29.7 Å². The number of nitrogens with one attached hydrogen (secondary N) is 2. The number of sulfonamides is 1. The summed E-state index contributed by atoms with van der Waals surface area (Å²) in [5.74, 6) is 0. The van der Waals surface area contributed by atoms with Gasteiger partial charge in [-0.15, -0.1) is 12.4 Å². The lowest BCUT2D eigenvalue weighted by Gasteiger charge is -2.31. The van der Waals surface area contributed by atoms with Gasteiger partial charge in [0.15, 0.2) is 0 Å². The van der Waals surface area contributed by atoms with Gasteiger partial charge in [0, 0.05) is 36.9 Å². The van der Waals surface area contributed by atoms with Crippen LogP contribution < -0.4 is 5.32 Å². The third-order valence-electron chi connectivity index (χ3n) is 4.63. The van der Waals surface area contributed by atoms with Crippen LogP contribution in [0.4, 0.5) is 0 Å². The lowest BCUT2D eigenvalue weighted by Crippen LogP contribution is -2.44. The normalized spacial score (nSPS) is 16.6. The van der Waals surface area contributed by atoms with Crippen molar-refractivity contribution in [2.45, 2.75) is 44.2 Å². The van der Waals surface area contributed by atoms with E-state index in [0.29, 0.717) is 24.0 Å². The highest BCUT2D eigenvalue weighted by molar-refractivity contribution is 7.89. The van der Waals surface area contributed by atoms with Gasteiger partial charge in [0.1, 0.15) is 0 Å². The van der Waals surface area contributed by atoms with E-state index in [9.17, 15) is 8.42 Å². The van der Waals surface area contributed by atoms with Crippen molar-refractivity contribution in [3.8, 4) is 0 Å². The molecule has 2 heterocycles. The maximum Gasteiger partial charge on any atom is 0.243 e. The van der Waals surface area contributed by atoms with E-state index in [1.165, 1.54) is 0 Å². The SMILES string of the molecule is Cc1ccc(S(=O)(=O)N2CCC(NCc3cn[nH]c3C)CC2)cc1.Cl. The summed E-state index contributed by atoms with van der Waals surface area (Å²) < 4.78 is 27.0. The second-order valence-electron chi connectivity index (χ2n) is 6.39. The van der Waals surface area contributed by atoms with Gasteiger partial charge >= 0.3 is 0 Å². The zero-order valence-electron chi connectivity index (χ0n) is 14.5. The number of hydrogen-bond donors (Lipinski definition) is 2. The molecule has 3 rings (SSSR count). The second-order valence-corrected chi connectivity index (χ2v) is 8.33. The molecule has 2 aromatic rings. The number of nitrogens with zero attached hydrogens (tertiary/aromatic N) is 2. The Morgan fingerprint density at radius 2 is 1.84 bits per heavy atom. The molecule has 8 heteroatoms. The number of benzene rings is 1. The van der Waals surface area contributed by atoms with Gasteiger partial charge in [0.2, 0.25) is 10.0 Å². The zero-order valence-corrected chi connectivity index (χ0v) is 16.2. The summed E-state index contributed by atoms with van der Waals surface area (Å²) in [6.07, 6.45) is 3.48. The van der Waals surface area contributed by atoms with E-state index in [0.717, 1.165) is 36.2 Å². The summed E-state index contributed by atoms with van der Waals surface area (Å²) in [7, 11) is -3.38. The Kier molecular flexibility index (Phi) is 6.62. The van der Waals surface area contributed by atoms with E-state index in [-0.39, 0.29) is 12.4 Å². The van der Waals surface area contributed by atoms with Crippen LogP contribution in [0.5, 0.6) is 0 Å². The first kappa shape index (κ1) is 19.9. The molecule has 0 amide bonds. The van der Waals surface area contributed by atoms with Gasteiger partial charge in [-0.25, -0.2) is 8.42 Å². The minimum Gasteiger partial charge on any atom is -0.310 e. The highest BCUT2D eigenvalue weighted by Crippen LogP contribution is 2.21. The Hall–Kier alpha value is -1.41. The minimum absolute atomic E-state index is 0. The monoisotopic (exact) mass is 384 g/mol. The molecule has 0 radical (unpaired) electrons. The van der Waals surface area contributed by atoms with Crippen molar-refractivity contribution < 1.29 is 8.42 Å². The summed E-state index contributed by atoms with van der Waals surface area (Å²) >= 11 is 0. The molecule has 0 unspecified atom stereocenters. The number of rotatable bonds is 5. The molecule has 1 aliphatic rings. The van der Waals surface area contributed by atoms with Gasteiger partial charge < -0.3 is 5.32 Å². The van der Waals surface area contributed by atoms with Crippen molar-refractivity contribution in [2.24, 2.45) is 0 Å². The smallest absolute Gasteiger partial charge is 0.243 e. The Balaban J connectivity index is 0.00000225. The molecule has 0 spiro atoms. The highest BCUT2D eigenvalue weighted by Gasteiger charge is 2.29. The van der Waals surface area contributed by atoms with Gasteiger partial charge in [-0.1, -0.05) is 17.7 Å². The van der Waals surface area contributed by atoms with Crippen LogP contribution in [0.3, 0.4) is 0 Å². The molecule has 0 atom stereocenters. The predicted octanol–water partition coefficient (Wildman–Crippen LogP) is 2.39. The number of halogens is 1. The minimum atomic E-state index is -3.38. The standard InChI is InChI=1S/C17H24N4O2S.ClH/c1-13-3-5-17(6-4-13)24(22,23)21-9-7-16(8-10-21)18-11-15-12-19-20-14(15)2;/h3-6,12,16,18H,7-11H2,1-2H3,(H,19,20);1H. The molecule has 0 bridgehead atoms. The molecular weight excluding hydrogens is 360 g/mol. The van der Waals surface area contributed by atoms with Crippen molar-refractivity contribution in [1.82, 2.24) is 19.8 Å². The lowest BCUT2D eigenvalue weighted by atomic mass is 10.1. The van der Waals surface area contributed by atoms with Crippen LogP contribution in [-0.2, 0) is 16.6 Å². The molecule has 1 saturated heterocycles. The van der Waals surface area contributed by atoms with E-state index in [1.807, 2.05) is 32.2 Å². The summed E-state index contributed by atoms with van der Waals surface area (Å²) in [5.41, 5.74) is 3.29. The van der Waals surface area contributed by atoms with Gasteiger partial charge in [0.05, 0.1) is 11.1 Å². The predicted molar refractivity (Wildman–Crippen MR) is 100 cm³/mol. The number of aromatic nitrogens is 2. The zero-order chi connectivity index (χ0) is 17.2. The maximum absolute atomic E-state index is 12.7. The number of H-pyrrole nitrogens is 1. The van der Waals surface area contributed by atoms with Crippen LogP contribution in [0.15, 0.2) is 35.4 Å². The topological polar surface area (TPSA) is 78.1 Å². The Morgan fingerprint density at radius 3 is 2.40 bits per heavy atom. The fourth-order valence-corrected chi connectivity index (χ4v) is 4.44. The number of piperidine rings is 1. The van der Waals surface area contributed by atoms with E-state index < -0.39 is 10.0 Å². The maximum atomic E-state index is 12.7. The Bertz CT molecular complexity index is 781. The molecule has 6 nitrogen and oxygen atoms in total. The fraction of sp³-hybridized carbons (Fsp3) is 0.471. The van der Waals surface area contributed by atoms with Gasteiger partial charge in [-0.05, 0) is 38.8 Å². The van der Waals surface area contributed by atoms with Crippen LogP contribution >= 0.6 is 12.4 Å². The fourth-order valence-electron chi connectivity index (χ4n) is 2.97. The first-order chi connectivity index (χ1) is 11.5. The molecule has 1 aliphatic heterocycles. The van der Waals surface area contributed by atoms with E-state index in [1.54, 1.807) is 16.4 Å². The summed E-state index contributed by atoms with van der Waals surface area (Å²) in [4.78, 5) is 0.383. The summed E-state index contributed by atoms with van der Waals surface area (Å²) in [6.45, 7) is 5.82. The molecule has 1 fully saturated rings. The quantitative estimate of drug-likeness (QED) is 0.829. The first-order valence-corrected chi connectivity index (χ1v) is 9.70. The van der Waals surface area contributed by atoms with E-state index in [2.05, 4.69) is 15.5 Å².